The van der Waals surface area contributed by atoms with Crippen LogP contribution in [0.15, 0.2) is 23.2 Å². The monoisotopic (exact) mass is 289 g/mol. The SMILES string of the molecule is CNc1ncccc1S(=O)(=O)N1CCS(=O)CC1. The minimum absolute atomic E-state index is 0.167. The van der Waals surface area contributed by atoms with Crippen molar-refractivity contribution in [2.45, 2.75) is 4.90 Å². The van der Waals surface area contributed by atoms with Crippen molar-refractivity contribution >= 4 is 26.6 Å². The van der Waals surface area contributed by atoms with E-state index in [0.29, 0.717) is 30.4 Å². The zero-order valence-electron chi connectivity index (χ0n) is 10.00. The molecule has 0 aromatic carbocycles. The maximum absolute atomic E-state index is 12.4. The van der Waals surface area contributed by atoms with Crippen molar-refractivity contribution in [1.82, 2.24) is 9.29 Å². The molecule has 1 aliphatic heterocycles. The minimum Gasteiger partial charge on any atom is -0.372 e. The topological polar surface area (TPSA) is 79.4 Å². The third kappa shape index (κ3) is 2.55. The van der Waals surface area contributed by atoms with Gasteiger partial charge in [0, 0.05) is 48.6 Å². The molecule has 1 fully saturated rings. The average molecular weight is 289 g/mol. The average Bonchev–Trinajstić information content (AvgIpc) is 2.39. The third-order valence-corrected chi connectivity index (χ3v) is 5.97. The molecule has 1 saturated heterocycles. The van der Waals surface area contributed by atoms with Crippen LogP contribution in [0.4, 0.5) is 5.82 Å². The van der Waals surface area contributed by atoms with Crippen molar-refractivity contribution in [3.63, 3.8) is 0 Å². The molecule has 1 aromatic rings. The van der Waals surface area contributed by atoms with Crippen LogP contribution < -0.4 is 5.32 Å². The van der Waals surface area contributed by atoms with E-state index in [0.717, 1.165) is 0 Å². The summed E-state index contributed by atoms with van der Waals surface area (Å²) in [5.41, 5.74) is 0. The van der Waals surface area contributed by atoms with Gasteiger partial charge in [-0.1, -0.05) is 0 Å². The molecule has 1 N–H and O–H groups in total. The second-order valence-corrected chi connectivity index (χ2v) is 7.45. The quantitative estimate of drug-likeness (QED) is 0.839. The van der Waals surface area contributed by atoms with Gasteiger partial charge in [0.15, 0.2) is 0 Å². The van der Waals surface area contributed by atoms with Crippen LogP contribution in [0.2, 0.25) is 0 Å². The predicted octanol–water partition coefficient (Wildman–Crippen LogP) is -0.124. The molecule has 0 amide bonds. The predicted molar refractivity (Wildman–Crippen MR) is 70.4 cm³/mol. The Morgan fingerprint density at radius 3 is 2.67 bits per heavy atom. The van der Waals surface area contributed by atoms with E-state index in [2.05, 4.69) is 10.3 Å². The van der Waals surface area contributed by atoms with Gasteiger partial charge in [0.25, 0.3) is 0 Å². The molecule has 1 aromatic heterocycles. The summed E-state index contributed by atoms with van der Waals surface area (Å²) in [5.74, 6) is 1.13. The van der Waals surface area contributed by atoms with E-state index in [1.807, 2.05) is 0 Å². The van der Waals surface area contributed by atoms with Gasteiger partial charge in [-0.15, -0.1) is 0 Å². The van der Waals surface area contributed by atoms with Crippen LogP contribution >= 0.6 is 0 Å². The molecular weight excluding hydrogens is 274 g/mol. The molecule has 0 unspecified atom stereocenters. The maximum atomic E-state index is 12.4. The lowest BCUT2D eigenvalue weighted by molar-refractivity contribution is 0.439. The van der Waals surface area contributed by atoms with Crippen molar-refractivity contribution in [3.05, 3.63) is 18.3 Å². The summed E-state index contributed by atoms with van der Waals surface area (Å²) < 4.78 is 37.5. The highest BCUT2D eigenvalue weighted by molar-refractivity contribution is 7.89. The lowest BCUT2D eigenvalue weighted by Gasteiger charge is -2.26. The van der Waals surface area contributed by atoms with E-state index < -0.39 is 20.8 Å². The molecule has 100 valence electrons. The second-order valence-electron chi connectivity index (χ2n) is 3.85. The first-order valence-corrected chi connectivity index (χ1v) is 8.46. The summed E-state index contributed by atoms with van der Waals surface area (Å²) in [6, 6.07) is 3.12. The number of hydrogen-bond acceptors (Lipinski definition) is 5. The smallest absolute Gasteiger partial charge is 0.246 e. The number of nitrogens with one attached hydrogen (secondary N) is 1. The highest BCUT2D eigenvalue weighted by Gasteiger charge is 2.30. The Morgan fingerprint density at radius 2 is 2.06 bits per heavy atom. The highest BCUT2D eigenvalue weighted by Crippen LogP contribution is 2.22. The standard InChI is InChI=1S/C10H15N3O3S2/c1-11-10-9(3-2-4-12-10)18(15,16)13-5-7-17(14)8-6-13/h2-4H,5-8H2,1H3,(H,11,12). The summed E-state index contributed by atoms with van der Waals surface area (Å²) in [4.78, 5) is 4.16. The van der Waals surface area contributed by atoms with Crippen LogP contribution in [0, 0.1) is 0 Å². The van der Waals surface area contributed by atoms with Crippen LogP contribution in [-0.4, -0.2) is 53.6 Å². The van der Waals surface area contributed by atoms with E-state index in [-0.39, 0.29) is 4.90 Å². The molecule has 0 radical (unpaired) electrons. The zero-order valence-corrected chi connectivity index (χ0v) is 11.6. The summed E-state index contributed by atoms with van der Waals surface area (Å²) >= 11 is 0. The second kappa shape index (κ2) is 5.33. The Kier molecular flexibility index (Phi) is 3.98. The molecule has 0 saturated carbocycles. The van der Waals surface area contributed by atoms with Crippen molar-refractivity contribution in [2.24, 2.45) is 0 Å². The highest BCUT2D eigenvalue weighted by atomic mass is 32.2. The van der Waals surface area contributed by atoms with Crippen LogP contribution in [0.25, 0.3) is 0 Å². The number of hydrogen-bond donors (Lipinski definition) is 1. The molecule has 18 heavy (non-hydrogen) atoms. The molecule has 0 aliphatic carbocycles. The molecule has 2 heterocycles. The van der Waals surface area contributed by atoms with Gasteiger partial charge in [-0.3, -0.25) is 4.21 Å². The van der Waals surface area contributed by atoms with Crippen molar-refractivity contribution in [2.75, 3.05) is 37.0 Å². The van der Waals surface area contributed by atoms with Crippen molar-refractivity contribution in [1.29, 1.82) is 0 Å². The number of sulfonamides is 1. The van der Waals surface area contributed by atoms with E-state index in [9.17, 15) is 12.6 Å². The number of rotatable bonds is 3. The molecule has 1 aliphatic rings. The molecule has 0 atom stereocenters. The maximum Gasteiger partial charge on any atom is 0.246 e. The van der Waals surface area contributed by atoms with Crippen LogP contribution in [0.3, 0.4) is 0 Å². The van der Waals surface area contributed by atoms with E-state index in [4.69, 9.17) is 0 Å². The largest absolute Gasteiger partial charge is 0.372 e. The zero-order chi connectivity index (χ0) is 13.2. The summed E-state index contributed by atoms with van der Waals surface area (Å²) in [5, 5.41) is 2.77. The number of nitrogens with zero attached hydrogens (tertiary/aromatic N) is 2. The van der Waals surface area contributed by atoms with Crippen LogP contribution in [0.1, 0.15) is 0 Å². The first-order chi connectivity index (χ1) is 8.55. The fourth-order valence-corrected chi connectivity index (χ4v) is 4.66. The van der Waals surface area contributed by atoms with Crippen LogP contribution in [-0.2, 0) is 20.8 Å². The summed E-state index contributed by atoms with van der Waals surface area (Å²) in [6.07, 6.45) is 1.54. The molecule has 8 heteroatoms. The van der Waals surface area contributed by atoms with Gasteiger partial charge in [-0.2, -0.15) is 4.31 Å². The van der Waals surface area contributed by atoms with Gasteiger partial charge in [0.05, 0.1) is 0 Å². The molecule has 0 spiro atoms. The number of anilines is 1. The molecule has 2 rings (SSSR count). The Morgan fingerprint density at radius 1 is 1.39 bits per heavy atom. The van der Waals surface area contributed by atoms with E-state index in [1.54, 1.807) is 13.1 Å². The Labute approximate surface area is 109 Å². The number of aromatic nitrogens is 1. The Hall–Kier alpha value is -0.990. The van der Waals surface area contributed by atoms with Gasteiger partial charge in [-0.25, -0.2) is 13.4 Å². The van der Waals surface area contributed by atoms with Crippen LogP contribution in [0.5, 0.6) is 0 Å². The summed E-state index contributed by atoms with van der Waals surface area (Å²) in [7, 11) is -2.82. The normalized spacial score (nSPS) is 18.7. The lowest BCUT2D eigenvalue weighted by Crippen LogP contribution is -2.41. The first-order valence-electron chi connectivity index (χ1n) is 5.53. The molecule has 6 nitrogen and oxygen atoms in total. The molecule has 0 bridgehead atoms. The third-order valence-electron chi connectivity index (χ3n) is 2.76. The fraction of sp³-hybridized carbons (Fsp3) is 0.500. The lowest BCUT2D eigenvalue weighted by atomic mass is 10.5. The Balaban J connectivity index is 2.33. The van der Waals surface area contributed by atoms with Gasteiger partial charge in [0.1, 0.15) is 10.7 Å². The summed E-state index contributed by atoms with van der Waals surface area (Å²) in [6.45, 7) is 0.597. The van der Waals surface area contributed by atoms with E-state index >= 15 is 0 Å². The van der Waals surface area contributed by atoms with Gasteiger partial charge in [0.2, 0.25) is 10.0 Å². The van der Waals surface area contributed by atoms with Gasteiger partial charge >= 0.3 is 0 Å². The van der Waals surface area contributed by atoms with Crippen molar-refractivity contribution in [3.8, 4) is 0 Å². The van der Waals surface area contributed by atoms with E-state index in [1.165, 1.54) is 16.6 Å². The number of pyridine rings is 1. The van der Waals surface area contributed by atoms with Gasteiger partial charge in [-0.05, 0) is 12.1 Å². The fourth-order valence-electron chi connectivity index (χ4n) is 1.79. The minimum atomic E-state index is -3.55. The Bertz CT molecular complexity index is 549. The van der Waals surface area contributed by atoms with Gasteiger partial charge < -0.3 is 5.32 Å². The molecular formula is C10H15N3O3S2. The van der Waals surface area contributed by atoms with Crippen molar-refractivity contribution < 1.29 is 12.6 Å². The first kappa shape index (κ1) is 13.4.